The zero-order valence-corrected chi connectivity index (χ0v) is 15.9. The molecule has 0 unspecified atom stereocenters. The third kappa shape index (κ3) is 4.83. The third-order valence-electron chi connectivity index (χ3n) is 3.70. The van der Waals surface area contributed by atoms with E-state index in [0.717, 1.165) is 37.6 Å². The molecule has 160 valence electrons. The molecule has 1 aromatic carbocycles. The first-order chi connectivity index (χ1) is 14.0. The summed E-state index contributed by atoms with van der Waals surface area (Å²) in [4.78, 5) is 45.2. The normalized spacial score (nSPS) is 11.2. The number of rotatable bonds is 7. The molecule has 0 radical (unpaired) electrons. The molecule has 2 aromatic rings. The van der Waals surface area contributed by atoms with E-state index in [1.165, 1.54) is 0 Å². The number of hydrogen-bond donors (Lipinski definition) is 1. The number of sulfone groups is 1. The van der Waals surface area contributed by atoms with Crippen molar-refractivity contribution in [2.24, 2.45) is 0 Å². The van der Waals surface area contributed by atoms with Crippen LogP contribution in [0.2, 0.25) is 0 Å². The van der Waals surface area contributed by atoms with Gasteiger partial charge in [-0.2, -0.15) is 8.78 Å². The molecule has 0 fully saturated rings. The number of hydrogen-bond acceptors (Lipinski definition) is 8. The first-order valence-electron chi connectivity index (χ1n) is 7.86. The second-order valence-corrected chi connectivity index (χ2v) is 7.59. The van der Waals surface area contributed by atoms with E-state index >= 15 is 0 Å². The number of ether oxygens (including phenoxy) is 1. The lowest BCUT2D eigenvalue weighted by Crippen LogP contribution is -2.29. The zero-order valence-electron chi connectivity index (χ0n) is 15.1. The van der Waals surface area contributed by atoms with Crippen LogP contribution >= 0.6 is 0 Å². The van der Waals surface area contributed by atoms with E-state index in [-0.39, 0.29) is 11.3 Å². The number of carbonyl (C=O) groups excluding carboxylic acids is 2. The van der Waals surface area contributed by atoms with Crippen molar-refractivity contribution in [2.75, 3.05) is 12.4 Å². The van der Waals surface area contributed by atoms with E-state index < -0.39 is 55.1 Å². The molecule has 0 bridgehead atoms. The maximum atomic E-state index is 12.5. The van der Waals surface area contributed by atoms with Gasteiger partial charge in [-0.1, -0.05) is 0 Å². The van der Waals surface area contributed by atoms with Gasteiger partial charge < -0.3 is 10.1 Å². The number of pyridine rings is 1. The number of nitro groups is 1. The molecule has 1 aromatic heterocycles. The summed E-state index contributed by atoms with van der Waals surface area (Å²) in [7, 11) is -3.78. The number of nitrogens with zero attached hydrogens (tertiary/aromatic N) is 2. The summed E-state index contributed by atoms with van der Waals surface area (Å²) in [6, 6.07) is 4.51. The minimum atomic E-state index is -4.80. The van der Waals surface area contributed by atoms with Crippen molar-refractivity contribution in [3.63, 3.8) is 0 Å². The quantitative estimate of drug-likeness (QED) is 0.378. The highest BCUT2D eigenvalue weighted by atomic mass is 32.2. The van der Waals surface area contributed by atoms with Crippen LogP contribution in [0.4, 0.5) is 20.2 Å². The molecule has 30 heavy (non-hydrogen) atoms. The average molecular weight is 445 g/mol. The van der Waals surface area contributed by atoms with Crippen LogP contribution in [0.1, 0.15) is 10.4 Å². The molecule has 1 amide bonds. The molecule has 0 aliphatic heterocycles. The Bertz CT molecular complexity index is 1160. The van der Waals surface area contributed by atoms with Crippen molar-refractivity contribution < 1.29 is 36.4 Å². The topological polar surface area (TPSA) is 155 Å². The minimum absolute atomic E-state index is 0.0138. The monoisotopic (exact) mass is 445 g/mol. The van der Waals surface area contributed by atoms with Gasteiger partial charge in [0.15, 0.2) is 0 Å². The first kappa shape index (κ1) is 22.6. The first-order valence-corrected chi connectivity index (χ1v) is 9.41. The van der Waals surface area contributed by atoms with Crippen LogP contribution in [-0.4, -0.2) is 42.7 Å². The molecule has 11 nitrogen and oxygen atoms in total. The average Bonchev–Trinajstić information content (AvgIpc) is 2.68. The maximum Gasteiger partial charge on any atom is 0.341 e. The number of nitrogens with one attached hydrogen (secondary N) is 1. The Hall–Kier alpha value is -3.68. The van der Waals surface area contributed by atoms with Crippen LogP contribution in [0.25, 0.3) is 0 Å². The van der Waals surface area contributed by atoms with Gasteiger partial charge in [-0.05, 0) is 24.3 Å². The van der Waals surface area contributed by atoms with Gasteiger partial charge in [0.2, 0.25) is 15.7 Å². The number of halogens is 2. The van der Waals surface area contributed by atoms with Crippen molar-refractivity contribution >= 4 is 33.1 Å². The van der Waals surface area contributed by atoms with Crippen LogP contribution in [0.15, 0.2) is 46.2 Å². The molecule has 1 heterocycles. The Morgan fingerprint density at radius 1 is 1.27 bits per heavy atom. The SMILES string of the molecule is COC(=O)c1cc([N+](=O)[O-])c(=O)n(CC(=O)Nc2ccc(S(=O)(=O)C(F)F)cc2)c1. The number of benzene rings is 1. The van der Waals surface area contributed by atoms with Crippen molar-refractivity contribution in [3.05, 3.63) is 62.6 Å². The lowest BCUT2D eigenvalue weighted by atomic mass is 10.2. The predicted molar refractivity (Wildman–Crippen MR) is 97.0 cm³/mol. The second kappa shape index (κ2) is 8.77. The highest BCUT2D eigenvalue weighted by molar-refractivity contribution is 7.91. The Labute approximate surface area is 167 Å². The van der Waals surface area contributed by atoms with E-state index in [2.05, 4.69) is 10.1 Å². The number of aromatic nitrogens is 1. The van der Waals surface area contributed by atoms with Gasteiger partial charge in [0.05, 0.1) is 22.5 Å². The molecule has 0 spiro atoms. The van der Waals surface area contributed by atoms with Crippen LogP contribution in [0, 0.1) is 10.1 Å². The highest BCUT2D eigenvalue weighted by Gasteiger charge is 2.26. The Morgan fingerprint density at radius 2 is 1.87 bits per heavy atom. The number of amides is 1. The van der Waals surface area contributed by atoms with E-state index in [0.29, 0.717) is 10.6 Å². The molecule has 0 saturated carbocycles. The van der Waals surface area contributed by atoms with Crippen LogP contribution < -0.4 is 10.9 Å². The predicted octanol–water partition coefficient (Wildman–Crippen LogP) is 1.18. The Morgan fingerprint density at radius 3 is 2.37 bits per heavy atom. The fourth-order valence-corrected chi connectivity index (χ4v) is 3.00. The molecule has 0 aliphatic carbocycles. The highest BCUT2D eigenvalue weighted by Crippen LogP contribution is 2.20. The molecule has 14 heteroatoms. The van der Waals surface area contributed by atoms with Crippen molar-refractivity contribution in [2.45, 2.75) is 17.2 Å². The van der Waals surface area contributed by atoms with E-state index in [9.17, 15) is 41.7 Å². The fourth-order valence-electron chi connectivity index (χ4n) is 2.28. The van der Waals surface area contributed by atoms with Crippen molar-refractivity contribution in [3.8, 4) is 0 Å². The van der Waals surface area contributed by atoms with Crippen LogP contribution in [0.5, 0.6) is 0 Å². The van der Waals surface area contributed by atoms with Crippen LogP contribution in [-0.2, 0) is 25.9 Å². The standard InChI is InChI=1S/C16H13F2N3O8S/c1-29-15(24)9-6-12(21(25)26)14(23)20(7-9)8-13(22)19-10-2-4-11(5-3-10)30(27,28)16(17)18/h2-7,16H,8H2,1H3,(H,19,22). The fraction of sp³-hybridized carbons (Fsp3) is 0.188. The van der Waals surface area contributed by atoms with E-state index in [4.69, 9.17) is 0 Å². The van der Waals surface area contributed by atoms with E-state index in [1.54, 1.807) is 0 Å². The molecule has 1 N–H and O–H groups in total. The number of alkyl halides is 2. The van der Waals surface area contributed by atoms with Gasteiger partial charge in [0.25, 0.3) is 0 Å². The smallest absolute Gasteiger partial charge is 0.341 e. The molecule has 2 rings (SSSR count). The maximum absolute atomic E-state index is 12.5. The van der Waals surface area contributed by atoms with E-state index in [1.807, 2.05) is 0 Å². The van der Waals surface area contributed by atoms with Crippen molar-refractivity contribution in [1.82, 2.24) is 4.57 Å². The second-order valence-electron chi connectivity index (χ2n) is 5.67. The number of carbonyl (C=O) groups is 2. The summed E-state index contributed by atoms with van der Waals surface area (Å²) >= 11 is 0. The number of esters is 1. The summed E-state index contributed by atoms with van der Waals surface area (Å²) in [5, 5.41) is 13.3. The summed E-state index contributed by atoms with van der Waals surface area (Å²) in [6.07, 6.45) is 0.902. The van der Waals surface area contributed by atoms with Crippen LogP contribution in [0.3, 0.4) is 0 Å². The Kier molecular flexibility index (Phi) is 6.61. The van der Waals surface area contributed by atoms with Gasteiger partial charge in [-0.15, -0.1) is 0 Å². The minimum Gasteiger partial charge on any atom is -0.465 e. The Balaban J connectivity index is 2.26. The van der Waals surface area contributed by atoms with Crippen molar-refractivity contribution in [1.29, 1.82) is 0 Å². The van der Waals surface area contributed by atoms with Gasteiger partial charge >= 0.3 is 23.0 Å². The molecular weight excluding hydrogens is 432 g/mol. The lowest BCUT2D eigenvalue weighted by Gasteiger charge is -2.10. The summed E-state index contributed by atoms with van der Waals surface area (Å²) in [5.74, 6) is -5.44. The molecule has 0 atom stereocenters. The third-order valence-corrected chi connectivity index (χ3v) is 5.10. The number of methoxy groups -OCH3 is 1. The van der Waals surface area contributed by atoms with Gasteiger partial charge in [0.1, 0.15) is 6.54 Å². The summed E-state index contributed by atoms with van der Waals surface area (Å²) in [6.45, 7) is -0.735. The molecular formula is C16H13F2N3O8S. The largest absolute Gasteiger partial charge is 0.465 e. The number of anilines is 1. The van der Waals surface area contributed by atoms with Gasteiger partial charge in [0, 0.05) is 18.0 Å². The lowest BCUT2D eigenvalue weighted by molar-refractivity contribution is -0.386. The molecule has 0 aliphatic rings. The van der Waals surface area contributed by atoms with Gasteiger partial charge in [-0.25, -0.2) is 13.2 Å². The zero-order chi connectivity index (χ0) is 22.6. The van der Waals surface area contributed by atoms with Gasteiger partial charge in [-0.3, -0.25) is 24.3 Å². The summed E-state index contributed by atoms with van der Waals surface area (Å²) < 4.78 is 52.9. The molecule has 0 saturated heterocycles. The summed E-state index contributed by atoms with van der Waals surface area (Å²) in [5.41, 5.74) is -2.42.